The summed E-state index contributed by atoms with van der Waals surface area (Å²) in [5.41, 5.74) is 1.91. The van der Waals surface area contributed by atoms with Crippen LogP contribution in [0.2, 0.25) is 0 Å². The van der Waals surface area contributed by atoms with Crippen LogP contribution in [-0.2, 0) is 6.54 Å². The Morgan fingerprint density at radius 3 is 2.59 bits per heavy atom. The van der Waals surface area contributed by atoms with Crippen molar-refractivity contribution < 1.29 is 4.74 Å². The molecule has 5 heteroatoms. The van der Waals surface area contributed by atoms with E-state index in [0.717, 1.165) is 48.7 Å². The van der Waals surface area contributed by atoms with Crippen molar-refractivity contribution in [3.8, 4) is 11.5 Å². The molecule has 1 aromatic heterocycles. The Labute approximate surface area is 191 Å². The monoisotopic (exact) mass is 433 g/mol. The number of hydrogen-bond donors (Lipinski definition) is 0. The van der Waals surface area contributed by atoms with Crippen LogP contribution in [0.3, 0.4) is 0 Å². The van der Waals surface area contributed by atoms with Gasteiger partial charge in [-0.05, 0) is 82.0 Å². The minimum atomic E-state index is 0.0371. The van der Waals surface area contributed by atoms with Crippen molar-refractivity contribution in [2.75, 3.05) is 13.1 Å². The smallest absolute Gasteiger partial charge is 0.261 e. The lowest BCUT2D eigenvalue weighted by Crippen LogP contribution is -2.42. The van der Waals surface area contributed by atoms with Crippen molar-refractivity contribution in [2.24, 2.45) is 5.92 Å². The van der Waals surface area contributed by atoms with Gasteiger partial charge in [0.1, 0.15) is 17.3 Å². The molecule has 0 saturated carbocycles. The van der Waals surface area contributed by atoms with Crippen molar-refractivity contribution in [3.63, 3.8) is 0 Å². The largest absolute Gasteiger partial charge is 0.457 e. The minimum Gasteiger partial charge on any atom is -0.457 e. The summed E-state index contributed by atoms with van der Waals surface area (Å²) in [6.45, 7) is 13.7. The van der Waals surface area contributed by atoms with Crippen LogP contribution in [0.25, 0.3) is 10.9 Å². The second-order valence-electron chi connectivity index (χ2n) is 9.73. The molecular weight excluding hydrogens is 398 g/mol. The third-order valence-electron chi connectivity index (χ3n) is 6.42. The second kappa shape index (κ2) is 9.45. The Hall–Kier alpha value is -2.66. The Balaban J connectivity index is 1.69. The zero-order chi connectivity index (χ0) is 22.8. The van der Waals surface area contributed by atoms with Crippen molar-refractivity contribution in [3.05, 3.63) is 64.2 Å². The number of hydrogen-bond acceptors (Lipinski definition) is 4. The summed E-state index contributed by atoms with van der Waals surface area (Å²) in [7, 11) is 0. The van der Waals surface area contributed by atoms with Crippen LogP contribution in [0.15, 0.2) is 47.3 Å². The quantitative estimate of drug-likeness (QED) is 0.497. The van der Waals surface area contributed by atoms with E-state index in [1.54, 1.807) is 0 Å². The van der Waals surface area contributed by atoms with Crippen LogP contribution < -0.4 is 10.3 Å². The molecule has 2 aromatic carbocycles. The van der Waals surface area contributed by atoms with E-state index in [1.165, 1.54) is 6.42 Å². The highest BCUT2D eigenvalue weighted by atomic mass is 16.5. The first-order valence-corrected chi connectivity index (χ1v) is 11.8. The summed E-state index contributed by atoms with van der Waals surface area (Å²) in [5, 5.41) is 0.621. The lowest BCUT2D eigenvalue weighted by Gasteiger charge is -2.36. The van der Waals surface area contributed by atoms with Gasteiger partial charge in [-0.3, -0.25) is 9.36 Å². The maximum Gasteiger partial charge on any atom is 0.261 e. The molecule has 5 nitrogen and oxygen atoms in total. The van der Waals surface area contributed by atoms with Crippen molar-refractivity contribution in [1.29, 1.82) is 0 Å². The number of aromatic nitrogens is 2. The predicted octanol–water partition coefficient (Wildman–Crippen LogP) is 5.74. The average molecular weight is 434 g/mol. The normalized spacial score (nSPS) is 17.4. The first-order valence-electron chi connectivity index (χ1n) is 11.8. The van der Waals surface area contributed by atoms with Gasteiger partial charge in [-0.25, -0.2) is 4.98 Å². The summed E-state index contributed by atoms with van der Waals surface area (Å²) in [5.74, 6) is 2.95. The molecule has 0 bridgehead atoms. The highest BCUT2D eigenvalue weighted by Gasteiger charge is 2.24. The molecule has 170 valence electrons. The van der Waals surface area contributed by atoms with Crippen molar-refractivity contribution >= 4 is 10.9 Å². The fraction of sp³-hybridized carbons (Fsp3) is 0.481. The van der Waals surface area contributed by atoms with Gasteiger partial charge in [0.25, 0.3) is 5.56 Å². The van der Waals surface area contributed by atoms with Gasteiger partial charge < -0.3 is 9.64 Å². The number of piperidine rings is 1. The van der Waals surface area contributed by atoms with Crippen LogP contribution >= 0.6 is 0 Å². The highest BCUT2D eigenvalue weighted by Crippen LogP contribution is 2.26. The maximum atomic E-state index is 13.7. The summed E-state index contributed by atoms with van der Waals surface area (Å²) in [6, 6.07) is 14.1. The Kier molecular flexibility index (Phi) is 6.66. The lowest BCUT2D eigenvalue weighted by molar-refractivity contribution is 0.129. The molecule has 0 amide bonds. The number of nitrogens with zero attached hydrogens (tertiary/aromatic N) is 3. The van der Waals surface area contributed by atoms with Crippen molar-refractivity contribution in [2.45, 2.75) is 66.0 Å². The van der Waals surface area contributed by atoms with Crippen LogP contribution in [0.5, 0.6) is 11.5 Å². The first-order chi connectivity index (χ1) is 15.3. The summed E-state index contributed by atoms with van der Waals surface area (Å²) in [6.07, 6.45) is 2.34. The fourth-order valence-electron chi connectivity index (χ4n) is 4.69. The summed E-state index contributed by atoms with van der Waals surface area (Å²) >= 11 is 0. The molecule has 1 fully saturated rings. The molecule has 1 aliphatic heterocycles. The van der Waals surface area contributed by atoms with Gasteiger partial charge in [0.05, 0.1) is 10.9 Å². The number of likely N-dealkylation sites (tertiary alicyclic amines) is 1. The third kappa shape index (κ3) is 4.88. The predicted molar refractivity (Wildman–Crippen MR) is 131 cm³/mol. The van der Waals surface area contributed by atoms with E-state index in [0.29, 0.717) is 23.1 Å². The number of benzene rings is 2. The molecule has 3 aromatic rings. The standard InChI is InChI=1S/C27H35N3O2/c1-18(2)26-28-25-12-11-23(32-22-10-6-8-20(5)14-22)15-24(25)27(31)30(26)17-21-9-7-13-29(16-21)19(3)4/h6,8,10-12,14-15,18-19,21H,7,9,13,16-17H2,1-5H3. The number of aryl methyl sites for hydroxylation is 1. The minimum absolute atomic E-state index is 0.0371. The van der Waals surface area contributed by atoms with E-state index in [1.807, 2.05) is 54.0 Å². The maximum absolute atomic E-state index is 13.7. The van der Waals surface area contributed by atoms with E-state index >= 15 is 0 Å². The zero-order valence-corrected chi connectivity index (χ0v) is 20.0. The van der Waals surface area contributed by atoms with Gasteiger partial charge in [0.15, 0.2) is 0 Å². The molecule has 1 aliphatic rings. The second-order valence-corrected chi connectivity index (χ2v) is 9.73. The van der Waals surface area contributed by atoms with Gasteiger partial charge in [-0.15, -0.1) is 0 Å². The van der Waals surface area contributed by atoms with Gasteiger partial charge in [0, 0.05) is 25.0 Å². The molecule has 0 N–H and O–H groups in total. The van der Waals surface area contributed by atoms with E-state index in [4.69, 9.17) is 9.72 Å². The number of fused-ring (bicyclic) bond motifs is 1. The highest BCUT2D eigenvalue weighted by molar-refractivity contribution is 5.79. The molecular formula is C27H35N3O2. The fourth-order valence-corrected chi connectivity index (χ4v) is 4.69. The van der Waals surface area contributed by atoms with E-state index in [9.17, 15) is 4.79 Å². The van der Waals surface area contributed by atoms with Crippen LogP contribution in [-0.4, -0.2) is 33.6 Å². The lowest BCUT2D eigenvalue weighted by atomic mass is 9.96. The van der Waals surface area contributed by atoms with E-state index in [-0.39, 0.29) is 11.5 Å². The Morgan fingerprint density at radius 1 is 1.09 bits per heavy atom. The van der Waals surface area contributed by atoms with E-state index < -0.39 is 0 Å². The molecule has 0 radical (unpaired) electrons. The summed E-state index contributed by atoms with van der Waals surface area (Å²) < 4.78 is 7.98. The summed E-state index contributed by atoms with van der Waals surface area (Å²) in [4.78, 5) is 21.1. The average Bonchev–Trinajstić information content (AvgIpc) is 2.76. The van der Waals surface area contributed by atoms with Gasteiger partial charge >= 0.3 is 0 Å². The molecule has 0 spiro atoms. The zero-order valence-electron chi connectivity index (χ0n) is 20.0. The SMILES string of the molecule is Cc1cccc(Oc2ccc3nc(C(C)C)n(CC4CCCN(C(C)C)C4)c(=O)c3c2)c1. The van der Waals surface area contributed by atoms with Gasteiger partial charge in [0.2, 0.25) is 0 Å². The van der Waals surface area contributed by atoms with Crippen LogP contribution in [0.4, 0.5) is 0 Å². The number of rotatable bonds is 6. The Morgan fingerprint density at radius 2 is 1.88 bits per heavy atom. The van der Waals surface area contributed by atoms with Crippen LogP contribution in [0.1, 0.15) is 57.8 Å². The topological polar surface area (TPSA) is 47.4 Å². The molecule has 0 aliphatic carbocycles. The number of ether oxygens (including phenoxy) is 1. The molecule has 1 atom stereocenters. The molecule has 32 heavy (non-hydrogen) atoms. The molecule has 2 heterocycles. The van der Waals surface area contributed by atoms with Crippen molar-refractivity contribution in [1.82, 2.24) is 14.5 Å². The molecule has 4 rings (SSSR count). The van der Waals surface area contributed by atoms with Gasteiger partial charge in [-0.2, -0.15) is 0 Å². The molecule has 1 saturated heterocycles. The third-order valence-corrected chi connectivity index (χ3v) is 6.42. The van der Waals surface area contributed by atoms with E-state index in [2.05, 4.69) is 32.6 Å². The van der Waals surface area contributed by atoms with Crippen LogP contribution in [0, 0.1) is 12.8 Å². The first kappa shape index (κ1) is 22.5. The Bertz CT molecular complexity index is 1150. The molecule has 1 unspecified atom stereocenters. The van der Waals surface area contributed by atoms with Gasteiger partial charge in [-0.1, -0.05) is 26.0 Å².